The Bertz CT molecular complexity index is 1180. The van der Waals surface area contributed by atoms with E-state index in [9.17, 15) is 14.7 Å². The predicted molar refractivity (Wildman–Crippen MR) is 233 cm³/mol. The number of aliphatic hydroxyl groups excluding tert-OH is 1. The largest absolute Gasteiger partial charge is 0.457 e. The van der Waals surface area contributed by atoms with Gasteiger partial charge in [0.2, 0.25) is 5.91 Å². The lowest BCUT2D eigenvalue weighted by Crippen LogP contribution is -2.66. The first-order chi connectivity index (χ1) is 27.3. The number of benzene rings is 1. The van der Waals surface area contributed by atoms with E-state index in [1.165, 1.54) is 96.3 Å². The van der Waals surface area contributed by atoms with Crippen LogP contribution in [0.4, 0.5) is 0 Å². The third-order valence-electron chi connectivity index (χ3n) is 11.8. The van der Waals surface area contributed by atoms with Crippen LogP contribution in [0.5, 0.6) is 0 Å². The fourth-order valence-electron chi connectivity index (χ4n) is 6.99. The van der Waals surface area contributed by atoms with E-state index in [0.29, 0.717) is 12.8 Å². The van der Waals surface area contributed by atoms with Crippen molar-refractivity contribution in [2.75, 3.05) is 6.61 Å². The second-order valence-corrected chi connectivity index (χ2v) is 22.7. The number of rotatable bonds is 32. The summed E-state index contributed by atoms with van der Waals surface area (Å²) in [5, 5.41) is 14.8. The molecule has 0 radical (unpaired) electrons. The van der Waals surface area contributed by atoms with E-state index in [4.69, 9.17) is 20.0 Å². The van der Waals surface area contributed by atoms with Crippen LogP contribution in [0.1, 0.15) is 196 Å². The molecule has 8 nitrogen and oxygen atoms in total. The van der Waals surface area contributed by atoms with Crippen LogP contribution < -0.4 is 5.32 Å². The number of nitrogens with one attached hydrogen (secondary N) is 1. The Labute approximate surface area is 345 Å². The molecule has 324 valence electrons. The molecule has 1 saturated heterocycles. The molecule has 0 saturated carbocycles. The summed E-state index contributed by atoms with van der Waals surface area (Å²) >= 11 is 0. The van der Waals surface area contributed by atoms with Gasteiger partial charge in [0.05, 0.1) is 13.2 Å². The first kappa shape index (κ1) is 48.6. The van der Waals surface area contributed by atoms with Gasteiger partial charge in [0.25, 0.3) is 0 Å². The van der Waals surface area contributed by atoms with Gasteiger partial charge >= 0.3 is 5.97 Å². The molecule has 1 heterocycles. The van der Waals surface area contributed by atoms with E-state index in [1.54, 1.807) is 0 Å². The Morgan fingerprint density at radius 3 is 1.75 bits per heavy atom. The first-order valence-corrected chi connectivity index (χ1v) is 25.8. The maximum atomic E-state index is 13.6. The molecule has 56 heavy (non-hydrogen) atoms. The van der Waals surface area contributed by atoms with Crippen LogP contribution in [0.15, 0.2) is 30.3 Å². The van der Waals surface area contributed by atoms with Crippen molar-refractivity contribution < 1.29 is 34.7 Å². The average Bonchev–Trinajstić information content (AvgIpc) is 3.18. The molecule has 2 N–H and O–H groups in total. The third kappa shape index (κ3) is 21.3. The SMILES string of the molecule is [2H]C(CCCCCCCCCCCC)C(=O)O[C@H]1[C@H](O)[C@@H](CO[Si](C)(C)C(C)(C)C)OC(OCc2ccccc2)[C@@H]1NC(=O)CCCCCCCCCCCCC. The van der Waals surface area contributed by atoms with Gasteiger partial charge in [-0.3, -0.25) is 9.59 Å². The van der Waals surface area contributed by atoms with Crippen molar-refractivity contribution in [1.29, 1.82) is 0 Å². The van der Waals surface area contributed by atoms with Gasteiger partial charge in [-0.1, -0.05) is 193 Å². The number of unbranched alkanes of at least 4 members (excludes halogenated alkanes) is 19. The van der Waals surface area contributed by atoms with Crippen LogP contribution >= 0.6 is 0 Å². The minimum Gasteiger partial charge on any atom is -0.457 e. The summed E-state index contributed by atoms with van der Waals surface area (Å²) in [6.45, 7) is 15.5. The topological polar surface area (TPSA) is 103 Å². The monoisotopic (exact) mass is 805 g/mol. The minimum atomic E-state index is -2.24. The zero-order valence-corrected chi connectivity index (χ0v) is 37.9. The second-order valence-electron chi connectivity index (χ2n) is 17.9. The number of amides is 1. The number of aliphatic hydroxyl groups is 1. The molecule has 1 fully saturated rings. The summed E-state index contributed by atoms with van der Waals surface area (Å²) in [5.41, 5.74) is 0.920. The van der Waals surface area contributed by atoms with Gasteiger partial charge in [-0.2, -0.15) is 0 Å². The van der Waals surface area contributed by atoms with Crippen LogP contribution in [-0.2, 0) is 34.8 Å². The van der Waals surface area contributed by atoms with Crippen molar-refractivity contribution in [2.45, 2.75) is 244 Å². The second kappa shape index (κ2) is 29.4. The van der Waals surface area contributed by atoms with Gasteiger partial charge in [0, 0.05) is 14.2 Å². The molecule has 1 aliphatic heterocycles. The van der Waals surface area contributed by atoms with Crippen LogP contribution in [0.2, 0.25) is 18.1 Å². The number of carbonyl (C=O) groups excluding carboxylic acids is 2. The van der Waals surface area contributed by atoms with Gasteiger partial charge in [-0.25, -0.2) is 0 Å². The Kier molecular flexibility index (Phi) is 25.5. The molecular weight excluding hydrogens is 719 g/mol. The van der Waals surface area contributed by atoms with Crippen molar-refractivity contribution in [3.63, 3.8) is 0 Å². The van der Waals surface area contributed by atoms with E-state index in [0.717, 1.165) is 44.1 Å². The average molecular weight is 805 g/mol. The Hall–Kier alpha value is -1.78. The van der Waals surface area contributed by atoms with Crippen molar-refractivity contribution in [3.8, 4) is 0 Å². The maximum Gasteiger partial charge on any atom is 0.306 e. The summed E-state index contributed by atoms with van der Waals surface area (Å²) in [6.07, 6.45) is 20.0. The highest BCUT2D eigenvalue weighted by molar-refractivity contribution is 6.74. The standard InChI is InChI=1S/C47H85NO7Si/c1-8-10-12-14-16-18-20-22-24-26-31-35-41(49)48-43-45(55-42(50)36-32-27-25-23-21-19-17-15-13-11-9-2)44(51)40(38-53-56(6,7)47(3,4)5)54-46(43)52-37-39-33-29-28-30-34-39/h28-30,33-34,40,43-46,51H,8-27,31-32,35-38H2,1-7H3,(H,48,49)/t40-,43-,44-,45-,46?/m1/s1/i36D/t36?,40-,43-,44-,45-,46?. The van der Waals surface area contributed by atoms with E-state index < -0.39 is 51.3 Å². The number of hydrogen-bond acceptors (Lipinski definition) is 7. The molecule has 1 amide bonds. The van der Waals surface area contributed by atoms with Gasteiger partial charge in [0.15, 0.2) is 20.7 Å². The summed E-state index contributed by atoms with van der Waals surface area (Å²) in [7, 11) is -2.24. The normalized spacial score (nSPS) is 21.1. The lowest BCUT2D eigenvalue weighted by atomic mass is 9.96. The van der Waals surface area contributed by atoms with Crippen LogP contribution in [0.3, 0.4) is 0 Å². The molecule has 1 aromatic rings. The van der Waals surface area contributed by atoms with E-state index in [2.05, 4.69) is 53.0 Å². The molecule has 2 unspecified atom stereocenters. The fraction of sp³-hybridized carbons (Fsp3) is 0.830. The quantitative estimate of drug-likeness (QED) is 0.0425. The van der Waals surface area contributed by atoms with E-state index in [-0.39, 0.29) is 24.2 Å². The van der Waals surface area contributed by atoms with Gasteiger partial charge in [-0.15, -0.1) is 0 Å². The summed E-state index contributed by atoms with van der Waals surface area (Å²) in [4.78, 5) is 27.1. The zero-order valence-electron chi connectivity index (χ0n) is 37.9. The maximum absolute atomic E-state index is 13.6. The van der Waals surface area contributed by atoms with Gasteiger partial charge < -0.3 is 29.1 Å². The van der Waals surface area contributed by atoms with E-state index >= 15 is 0 Å². The van der Waals surface area contributed by atoms with Crippen molar-refractivity contribution in [3.05, 3.63) is 35.9 Å². The zero-order chi connectivity index (χ0) is 41.9. The summed E-state index contributed by atoms with van der Waals surface area (Å²) < 4.78 is 34.0. The third-order valence-corrected chi connectivity index (χ3v) is 16.3. The molecule has 1 aliphatic rings. The first-order valence-electron chi connectivity index (χ1n) is 23.4. The van der Waals surface area contributed by atoms with Crippen molar-refractivity contribution >= 4 is 20.2 Å². The lowest BCUT2D eigenvalue weighted by molar-refractivity contribution is -0.276. The van der Waals surface area contributed by atoms with Crippen LogP contribution in [0.25, 0.3) is 0 Å². The molecule has 1 aromatic carbocycles. The van der Waals surface area contributed by atoms with Crippen LogP contribution in [-0.4, -0.2) is 62.6 Å². The molecule has 9 heteroatoms. The highest BCUT2D eigenvalue weighted by atomic mass is 28.4. The highest BCUT2D eigenvalue weighted by Crippen LogP contribution is 2.37. The highest BCUT2D eigenvalue weighted by Gasteiger charge is 2.50. The van der Waals surface area contributed by atoms with Gasteiger partial charge in [-0.05, 0) is 36.5 Å². The lowest BCUT2D eigenvalue weighted by Gasteiger charge is -2.45. The fourth-order valence-corrected chi connectivity index (χ4v) is 8.01. The Balaban J connectivity index is 2.11. The smallest absolute Gasteiger partial charge is 0.306 e. The number of ether oxygens (including phenoxy) is 3. The van der Waals surface area contributed by atoms with Crippen molar-refractivity contribution in [2.24, 2.45) is 0 Å². The summed E-state index contributed by atoms with van der Waals surface area (Å²) in [6, 6.07) is 8.73. The molecular formula is C47H85NO7Si. The molecule has 0 aliphatic carbocycles. The Morgan fingerprint density at radius 2 is 1.25 bits per heavy atom. The molecule has 2 rings (SSSR count). The molecule has 6 atom stereocenters. The minimum absolute atomic E-state index is 0.0699. The molecule has 0 spiro atoms. The Morgan fingerprint density at radius 1 is 0.768 bits per heavy atom. The predicted octanol–water partition coefficient (Wildman–Crippen LogP) is 12.1. The molecule has 0 bridgehead atoms. The summed E-state index contributed by atoms with van der Waals surface area (Å²) in [5.74, 6) is -0.905. The number of esters is 1. The van der Waals surface area contributed by atoms with Crippen LogP contribution in [0, 0.1) is 0 Å². The van der Waals surface area contributed by atoms with Crippen molar-refractivity contribution in [1.82, 2.24) is 5.32 Å². The van der Waals surface area contributed by atoms with Gasteiger partial charge in [0.1, 0.15) is 18.2 Å². The number of carbonyl (C=O) groups is 2. The molecule has 0 aromatic heterocycles. The van der Waals surface area contributed by atoms with E-state index in [1.807, 2.05) is 30.3 Å². The number of hydrogen-bond donors (Lipinski definition) is 2.